The summed E-state index contributed by atoms with van der Waals surface area (Å²) in [6, 6.07) is 2.73. The van der Waals surface area contributed by atoms with Gasteiger partial charge >= 0.3 is 0 Å². The van der Waals surface area contributed by atoms with E-state index in [1.54, 1.807) is 0 Å². The first-order valence-electron chi connectivity index (χ1n) is 4.36. The molecule has 0 aromatic heterocycles. The molecule has 0 aliphatic carbocycles. The molecule has 0 amide bonds. The van der Waals surface area contributed by atoms with Crippen LogP contribution in [0.4, 0.5) is 10.1 Å². The minimum Gasteiger partial charge on any atom is -0.381 e. The molecule has 1 atom stereocenters. The molecule has 1 aromatic carbocycles. The largest absolute Gasteiger partial charge is 0.381 e. The fraction of sp³-hybridized carbons (Fsp3) is 0.300. The van der Waals surface area contributed by atoms with E-state index in [9.17, 15) is 9.18 Å². The maximum absolute atomic E-state index is 13.1. The second-order valence-electron chi connectivity index (χ2n) is 3.48. The Hall–Kier alpha value is -1.09. The first-order valence-corrected chi connectivity index (χ1v) is 4.74. The van der Waals surface area contributed by atoms with E-state index in [0.29, 0.717) is 17.7 Å². The Labute approximate surface area is 86.1 Å². The number of ketones is 1. The summed E-state index contributed by atoms with van der Waals surface area (Å²) in [5, 5.41) is 3.13. The van der Waals surface area contributed by atoms with Gasteiger partial charge in [-0.1, -0.05) is 11.6 Å². The SMILES string of the molecule is CC1CC(=O)c2cc(F)c(Cl)cc2N1. The number of rotatable bonds is 0. The number of carbonyl (C=O) groups is 1. The molecule has 1 N–H and O–H groups in total. The van der Waals surface area contributed by atoms with Crippen molar-refractivity contribution in [2.75, 3.05) is 5.32 Å². The third-order valence-corrected chi connectivity index (χ3v) is 2.54. The van der Waals surface area contributed by atoms with Gasteiger partial charge in [-0.3, -0.25) is 4.79 Å². The molecule has 0 bridgehead atoms. The molecule has 74 valence electrons. The van der Waals surface area contributed by atoms with Crippen LogP contribution in [0.3, 0.4) is 0 Å². The van der Waals surface area contributed by atoms with Crippen LogP contribution >= 0.6 is 11.6 Å². The summed E-state index contributed by atoms with van der Waals surface area (Å²) in [5.74, 6) is -0.586. The molecule has 2 rings (SSSR count). The van der Waals surface area contributed by atoms with Gasteiger partial charge in [-0.05, 0) is 19.1 Å². The number of anilines is 1. The third-order valence-electron chi connectivity index (χ3n) is 2.25. The minimum atomic E-state index is -0.546. The number of carbonyl (C=O) groups excluding carboxylic acids is 1. The molecule has 1 aliphatic rings. The van der Waals surface area contributed by atoms with Gasteiger partial charge in [0.25, 0.3) is 0 Å². The summed E-state index contributed by atoms with van der Waals surface area (Å²) < 4.78 is 13.1. The summed E-state index contributed by atoms with van der Waals surface area (Å²) in [6.07, 6.45) is 0.397. The van der Waals surface area contributed by atoms with Gasteiger partial charge in [0.2, 0.25) is 0 Å². The van der Waals surface area contributed by atoms with E-state index >= 15 is 0 Å². The molecule has 14 heavy (non-hydrogen) atoms. The summed E-state index contributed by atoms with van der Waals surface area (Å²) in [4.78, 5) is 11.5. The van der Waals surface area contributed by atoms with Gasteiger partial charge in [0, 0.05) is 23.7 Å². The normalized spacial score (nSPS) is 20.2. The lowest BCUT2D eigenvalue weighted by Gasteiger charge is -2.23. The molecule has 1 unspecified atom stereocenters. The van der Waals surface area contributed by atoms with Crippen LogP contribution < -0.4 is 5.32 Å². The maximum atomic E-state index is 13.1. The molecule has 0 fully saturated rings. The number of nitrogens with one attached hydrogen (secondary N) is 1. The smallest absolute Gasteiger partial charge is 0.167 e. The van der Waals surface area contributed by atoms with Crippen molar-refractivity contribution in [2.24, 2.45) is 0 Å². The lowest BCUT2D eigenvalue weighted by molar-refractivity contribution is 0.0974. The van der Waals surface area contributed by atoms with Crippen molar-refractivity contribution in [1.29, 1.82) is 0 Å². The Morgan fingerprint density at radius 1 is 1.57 bits per heavy atom. The highest BCUT2D eigenvalue weighted by molar-refractivity contribution is 6.31. The van der Waals surface area contributed by atoms with Gasteiger partial charge in [-0.2, -0.15) is 0 Å². The second kappa shape index (κ2) is 3.24. The van der Waals surface area contributed by atoms with Crippen LogP contribution in [-0.2, 0) is 0 Å². The highest BCUT2D eigenvalue weighted by Gasteiger charge is 2.23. The summed E-state index contributed by atoms with van der Waals surface area (Å²) >= 11 is 5.61. The number of halogens is 2. The Morgan fingerprint density at radius 2 is 2.29 bits per heavy atom. The van der Waals surface area contributed by atoms with Crippen LogP contribution in [0.15, 0.2) is 12.1 Å². The number of hydrogen-bond acceptors (Lipinski definition) is 2. The number of Topliss-reactive ketones (excluding diaryl/α,β-unsaturated/α-hetero) is 1. The van der Waals surface area contributed by atoms with Gasteiger partial charge in [-0.15, -0.1) is 0 Å². The fourth-order valence-electron chi connectivity index (χ4n) is 1.60. The Bertz CT molecular complexity index is 405. The lowest BCUT2D eigenvalue weighted by atomic mass is 9.97. The highest BCUT2D eigenvalue weighted by atomic mass is 35.5. The van der Waals surface area contributed by atoms with Gasteiger partial charge in [0.1, 0.15) is 5.82 Å². The van der Waals surface area contributed by atoms with E-state index in [-0.39, 0.29) is 16.8 Å². The molecule has 1 aliphatic heterocycles. The predicted octanol–water partition coefficient (Wildman–Crippen LogP) is 2.87. The number of benzene rings is 1. The molecule has 0 radical (unpaired) electrons. The van der Waals surface area contributed by atoms with Crippen molar-refractivity contribution in [3.63, 3.8) is 0 Å². The molecule has 1 heterocycles. The van der Waals surface area contributed by atoms with Gasteiger partial charge in [0.15, 0.2) is 5.78 Å². The van der Waals surface area contributed by atoms with Crippen LogP contribution in [0.25, 0.3) is 0 Å². The standard InChI is InChI=1S/C10H9ClFNO/c1-5-2-10(14)6-3-8(12)7(11)4-9(6)13-5/h3-5,13H,2H2,1H3. The van der Waals surface area contributed by atoms with Crippen molar-refractivity contribution in [1.82, 2.24) is 0 Å². The summed E-state index contributed by atoms with van der Waals surface area (Å²) in [6.45, 7) is 1.90. The molecule has 0 saturated carbocycles. The first kappa shape index (κ1) is 9.46. The molecular weight excluding hydrogens is 205 g/mol. The van der Waals surface area contributed by atoms with Crippen LogP contribution in [0.2, 0.25) is 5.02 Å². The van der Waals surface area contributed by atoms with E-state index in [2.05, 4.69) is 5.32 Å². The number of hydrogen-bond donors (Lipinski definition) is 1. The molecule has 2 nitrogen and oxygen atoms in total. The quantitative estimate of drug-likeness (QED) is 0.718. The van der Waals surface area contributed by atoms with Gasteiger partial charge in [0.05, 0.1) is 5.02 Å². The third kappa shape index (κ3) is 1.48. The van der Waals surface area contributed by atoms with E-state index in [1.807, 2.05) is 6.92 Å². The summed E-state index contributed by atoms with van der Waals surface area (Å²) in [7, 11) is 0. The molecule has 1 aromatic rings. The number of fused-ring (bicyclic) bond motifs is 1. The zero-order chi connectivity index (χ0) is 10.3. The monoisotopic (exact) mass is 213 g/mol. The van der Waals surface area contributed by atoms with Crippen LogP contribution in [0.1, 0.15) is 23.7 Å². The predicted molar refractivity (Wildman–Crippen MR) is 53.4 cm³/mol. The fourth-order valence-corrected chi connectivity index (χ4v) is 1.77. The zero-order valence-electron chi connectivity index (χ0n) is 7.60. The van der Waals surface area contributed by atoms with E-state index in [1.165, 1.54) is 12.1 Å². The van der Waals surface area contributed by atoms with Crippen molar-refractivity contribution in [3.05, 3.63) is 28.5 Å². The maximum Gasteiger partial charge on any atom is 0.167 e. The Morgan fingerprint density at radius 3 is 3.00 bits per heavy atom. The Balaban J connectivity index is 2.55. The Kier molecular flexibility index (Phi) is 2.19. The van der Waals surface area contributed by atoms with Crippen LogP contribution in [-0.4, -0.2) is 11.8 Å². The highest BCUT2D eigenvalue weighted by Crippen LogP contribution is 2.29. The topological polar surface area (TPSA) is 29.1 Å². The van der Waals surface area contributed by atoms with Gasteiger partial charge < -0.3 is 5.32 Å². The molecule has 0 saturated heterocycles. The molecular formula is C10H9ClFNO. The van der Waals surface area contributed by atoms with E-state index in [0.717, 1.165) is 0 Å². The van der Waals surface area contributed by atoms with Gasteiger partial charge in [-0.25, -0.2) is 4.39 Å². The van der Waals surface area contributed by atoms with Crippen LogP contribution in [0, 0.1) is 5.82 Å². The van der Waals surface area contributed by atoms with Crippen molar-refractivity contribution in [3.8, 4) is 0 Å². The van der Waals surface area contributed by atoms with Crippen molar-refractivity contribution < 1.29 is 9.18 Å². The van der Waals surface area contributed by atoms with E-state index in [4.69, 9.17) is 11.6 Å². The van der Waals surface area contributed by atoms with E-state index < -0.39 is 5.82 Å². The summed E-state index contributed by atoms with van der Waals surface area (Å²) in [5.41, 5.74) is 1.02. The molecule has 0 spiro atoms. The average Bonchev–Trinajstić information content (AvgIpc) is 2.08. The molecule has 4 heteroatoms. The lowest BCUT2D eigenvalue weighted by Crippen LogP contribution is -2.26. The van der Waals surface area contributed by atoms with Crippen molar-refractivity contribution in [2.45, 2.75) is 19.4 Å². The minimum absolute atomic E-state index is 0.0400. The van der Waals surface area contributed by atoms with Crippen molar-refractivity contribution >= 4 is 23.1 Å². The average molecular weight is 214 g/mol. The second-order valence-corrected chi connectivity index (χ2v) is 3.89. The zero-order valence-corrected chi connectivity index (χ0v) is 8.36. The van der Waals surface area contributed by atoms with Crippen LogP contribution in [0.5, 0.6) is 0 Å². The first-order chi connectivity index (χ1) is 6.58.